The van der Waals surface area contributed by atoms with Crippen molar-refractivity contribution in [2.45, 2.75) is 51.7 Å². The van der Waals surface area contributed by atoms with Gasteiger partial charge in [0.15, 0.2) is 0 Å². The van der Waals surface area contributed by atoms with E-state index in [9.17, 15) is 0 Å². The van der Waals surface area contributed by atoms with Gasteiger partial charge in [0.05, 0.1) is 11.2 Å². The van der Waals surface area contributed by atoms with E-state index in [1.807, 2.05) is 0 Å². The molecule has 2 aromatic rings. The van der Waals surface area contributed by atoms with E-state index in [1.54, 1.807) is 0 Å². The van der Waals surface area contributed by atoms with E-state index in [0.717, 1.165) is 12.8 Å². The fourth-order valence-corrected chi connectivity index (χ4v) is 4.64. The maximum absolute atomic E-state index is 6.35. The van der Waals surface area contributed by atoms with Gasteiger partial charge in [0.1, 0.15) is 0 Å². The third-order valence-corrected chi connectivity index (χ3v) is 6.31. The summed E-state index contributed by atoms with van der Waals surface area (Å²) in [7, 11) is -1.46. The molecule has 0 aliphatic carbocycles. The fourth-order valence-electron chi connectivity index (χ4n) is 2.66. The van der Waals surface area contributed by atoms with Gasteiger partial charge in [-0.05, 0) is 56.5 Å². The van der Waals surface area contributed by atoms with Gasteiger partial charge in [-0.25, -0.2) is 0 Å². The second-order valence-electron chi connectivity index (χ2n) is 7.07. The van der Waals surface area contributed by atoms with Crippen LogP contribution in [0.25, 0.3) is 10.8 Å². The van der Waals surface area contributed by atoms with Crippen molar-refractivity contribution in [2.24, 2.45) is 0 Å². The largest absolute Gasteiger partial charge is 0.424 e. The van der Waals surface area contributed by atoms with Crippen molar-refractivity contribution in [3.8, 4) is 0 Å². The molecule has 0 N–H and O–H groups in total. The van der Waals surface area contributed by atoms with Gasteiger partial charge in [-0.3, -0.25) is 0 Å². The quantitative estimate of drug-likeness (QED) is 0.743. The van der Waals surface area contributed by atoms with E-state index in [0.29, 0.717) is 0 Å². The Bertz CT molecular complexity index is 630. The van der Waals surface area contributed by atoms with Crippen molar-refractivity contribution in [3.63, 3.8) is 0 Å². The lowest BCUT2D eigenvalue weighted by Gasteiger charge is -2.27. The molecule has 0 unspecified atom stereocenters. The molecule has 0 amide bonds. The molecule has 0 aromatic heterocycles. The van der Waals surface area contributed by atoms with Crippen LogP contribution in [0.5, 0.6) is 0 Å². The van der Waals surface area contributed by atoms with Crippen molar-refractivity contribution in [1.29, 1.82) is 0 Å². The number of hydrogen-bond acceptors (Lipinski definition) is 2. The summed E-state index contributed by atoms with van der Waals surface area (Å²) in [4.78, 5) is 0. The molecule has 1 radical (unpaired) electrons. The molecule has 1 aliphatic rings. The number of hydrogen-bond donors (Lipinski definition) is 0. The maximum atomic E-state index is 6.35. The summed E-state index contributed by atoms with van der Waals surface area (Å²) < 4.78 is 12.7. The van der Waals surface area contributed by atoms with E-state index in [2.05, 4.69) is 70.2 Å². The summed E-state index contributed by atoms with van der Waals surface area (Å²) in [5.41, 5.74) is -0.235. The van der Waals surface area contributed by atoms with Crippen LogP contribution in [0.2, 0.25) is 0 Å². The number of rotatable bonds is 1. The Hall–Kier alpha value is -1.16. The van der Waals surface area contributed by atoms with E-state index >= 15 is 0 Å². The van der Waals surface area contributed by atoms with E-state index in [-0.39, 0.29) is 11.2 Å². The zero-order valence-electron chi connectivity index (χ0n) is 13.3. The fraction of sp³-hybridized carbons (Fsp3) is 0.444. The highest BCUT2D eigenvalue weighted by atomic mass is 28.3. The summed E-state index contributed by atoms with van der Waals surface area (Å²) in [5, 5.41) is 3.71. The average molecular weight is 299 g/mol. The SMILES string of the molecule is CC1(C)CCC(C)(C)O[Si](c2ccc3ccccc3c2)O1. The molecule has 2 nitrogen and oxygen atoms in total. The summed E-state index contributed by atoms with van der Waals surface area (Å²) in [6.07, 6.45) is 2.06. The van der Waals surface area contributed by atoms with Crippen molar-refractivity contribution >= 4 is 25.2 Å². The molecule has 0 atom stereocenters. The van der Waals surface area contributed by atoms with Crippen LogP contribution in [-0.4, -0.2) is 20.5 Å². The summed E-state index contributed by atoms with van der Waals surface area (Å²) in [5.74, 6) is 0. The van der Waals surface area contributed by atoms with Gasteiger partial charge in [0.2, 0.25) is 0 Å². The molecule has 1 fully saturated rings. The van der Waals surface area contributed by atoms with E-state index in [1.165, 1.54) is 16.0 Å². The molecular formula is C18H23O2Si. The molecule has 1 aliphatic heterocycles. The molecular weight excluding hydrogens is 276 g/mol. The Morgan fingerprint density at radius 1 is 0.810 bits per heavy atom. The molecule has 1 heterocycles. The van der Waals surface area contributed by atoms with Crippen molar-refractivity contribution < 1.29 is 8.85 Å². The number of fused-ring (bicyclic) bond motifs is 1. The molecule has 3 rings (SSSR count). The lowest BCUT2D eigenvalue weighted by Crippen LogP contribution is -2.44. The minimum atomic E-state index is -1.46. The normalized spacial score (nSPS) is 22.1. The molecule has 3 heteroatoms. The van der Waals surface area contributed by atoms with Crippen molar-refractivity contribution in [3.05, 3.63) is 42.5 Å². The zero-order chi connectivity index (χ0) is 15.1. The van der Waals surface area contributed by atoms with E-state index in [4.69, 9.17) is 8.85 Å². The Balaban J connectivity index is 1.98. The molecule has 111 valence electrons. The average Bonchev–Trinajstić information content (AvgIpc) is 2.54. The van der Waals surface area contributed by atoms with Crippen LogP contribution in [0.1, 0.15) is 40.5 Å². The lowest BCUT2D eigenvalue weighted by molar-refractivity contribution is 0.0709. The molecule has 0 saturated carbocycles. The van der Waals surface area contributed by atoms with Gasteiger partial charge in [0, 0.05) is 0 Å². The van der Waals surface area contributed by atoms with Gasteiger partial charge in [0.25, 0.3) is 0 Å². The first-order chi connectivity index (χ1) is 9.85. The molecule has 2 aromatic carbocycles. The topological polar surface area (TPSA) is 18.5 Å². The van der Waals surface area contributed by atoms with Crippen molar-refractivity contribution in [2.75, 3.05) is 0 Å². The Morgan fingerprint density at radius 3 is 2.00 bits per heavy atom. The summed E-state index contributed by atoms with van der Waals surface area (Å²) in [6, 6.07) is 15.0. The second-order valence-corrected chi connectivity index (χ2v) is 8.63. The smallest absolute Gasteiger partial charge is 0.385 e. The first-order valence-corrected chi connectivity index (χ1v) is 8.91. The number of benzene rings is 2. The molecule has 21 heavy (non-hydrogen) atoms. The van der Waals surface area contributed by atoms with Gasteiger partial charge >= 0.3 is 9.28 Å². The highest BCUT2D eigenvalue weighted by molar-refractivity contribution is 6.61. The van der Waals surface area contributed by atoms with Crippen LogP contribution >= 0.6 is 0 Å². The minimum absolute atomic E-state index is 0.117. The zero-order valence-corrected chi connectivity index (χ0v) is 14.3. The molecule has 0 spiro atoms. The van der Waals surface area contributed by atoms with Crippen LogP contribution in [0.4, 0.5) is 0 Å². The Labute approximate surface area is 128 Å². The van der Waals surface area contributed by atoms with Gasteiger partial charge < -0.3 is 8.85 Å². The predicted molar refractivity (Wildman–Crippen MR) is 88.9 cm³/mol. The minimum Gasteiger partial charge on any atom is -0.385 e. The monoisotopic (exact) mass is 299 g/mol. The second kappa shape index (κ2) is 5.23. The molecule has 1 saturated heterocycles. The maximum Gasteiger partial charge on any atom is 0.424 e. The lowest BCUT2D eigenvalue weighted by atomic mass is 9.94. The van der Waals surface area contributed by atoms with Gasteiger partial charge in [-0.15, -0.1) is 0 Å². The van der Waals surface area contributed by atoms with Crippen LogP contribution in [-0.2, 0) is 8.85 Å². The van der Waals surface area contributed by atoms with Crippen LogP contribution < -0.4 is 5.19 Å². The van der Waals surface area contributed by atoms with E-state index < -0.39 is 9.28 Å². The summed E-state index contributed by atoms with van der Waals surface area (Å²) in [6.45, 7) is 8.68. The molecule has 0 bridgehead atoms. The van der Waals surface area contributed by atoms with Gasteiger partial charge in [-0.2, -0.15) is 0 Å². The van der Waals surface area contributed by atoms with Crippen LogP contribution in [0, 0.1) is 0 Å². The van der Waals surface area contributed by atoms with Crippen molar-refractivity contribution in [1.82, 2.24) is 0 Å². The highest BCUT2D eigenvalue weighted by Gasteiger charge is 2.38. The van der Waals surface area contributed by atoms with Crippen LogP contribution in [0.15, 0.2) is 42.5 Å². The standard InChI is InChI=1S/C18H23O2Si/c1-17(2)11-12-18(3,4)20-21(19-17)16-10-9-14-7-5-6-8-15(14)13-16/h5-10,13H,11-12H2,1-4H3. The van der Waals surface area contributed by atoms with Crippen LogP contribution in [0.3, 0.4) is 0 Å². The summed E-state index contributed by atoms with van der Waals surface area (Å²) >= 11 is 0. The predicted octanol–water partition coefficient (Wildman–Crippen LogP) is 3.92. The third kappa shape index (κ3) is 3.36. The first-order valence-electron chi connectivity index (χ1n) is 7.59. The first kappa shape index (κ1) is 14.8. The van der Waals surface area contributed by atoms with Gasteiger partial charge in [-0.1, -0.05) is 42.5 Å². The Morgan fingerprint density at radius 2 is 1.38 bits per heavy atom. The Kier molecular flexibility index (Phi) is 3.68. The third-order valence-electron chi connectivity index (χ3n) is 4.05. The highest BCUT2D eigenvalue weighted by Crippen LogP contribution is 2.30.